The fourth-order valence-electron chi connectivity index (χ4n) is 1.89. The summed E-state index contributed by atoms with van der Waals surface area (Å²) in [6.07, 6.45) is -1.32. The van der Waals surface area contributed by atoms with Gasteiger partial charge in [-0.05, 0) is 34.1 Å². The van der Waals surface area contributed by atoms with E-state index >= 15 is 0 Å². The summed E-state index contributed by atoms with van der Waals surface area (Å²) in [6.45, 7) is 0. The number of aliphatic hydroxyl groups is 1. The lowest BCUT2D eigenvalue weighted by Gasteiger charge is -2.17. The first-order valence-corrected chi connectivity index (χ1v) is 6.77. The lowest BCUT2D eigenvalue weighted by molar-refractivity contribution is 0.209. The predicted octanol–water partition coefficient (Wildman–Crippen LogP) is 4.47. The second-order valence-corrected chi connectivity index (χ2v) is 5.37. The molecule has 0 saturated carbocycles. The standard InChI is InChI=1S/C14H10BrClF2O2/c1-20-14-10(4-7(16)5-11(14)15)13(19)9-3-2-8(17)6-12(9)18/h2-6,13,19H,1H3. The molecule has 0 amide bonds. The average Bonchev–Trinajstić information content (AvgIpc) is 2.37. The number of hydrogen-bond donors (Lipinski definition) is 1. The Morgan fingerprint density at radius 2 is 1.90 bits per heavy atom. The summed E-state index contributed by atoms with van der Waals surface area (Å²) in [6, 6.07) is 6.04. The molecule has 0 radical (unpaired) electrons. The molecule has 1 N–H and O–H groups in total. The highest BCUT2D eigenvalue weighted by molar-refractivity contribution is 9.10. The Bertz CT molecular complexity index is 649. The van der Waals surface area contributed by atoms with Crippen molar-refractivity contribution in [1.82, 2.24) is 0 Å². The molecule has 106 valence electrons. The molecular formula is C14H10BrClF2O2. The smallest absolute Gasteiger partial charge is 0.139 e. The molecule has 0 fully saturated rings. The van der Waals surface area contributed by atoms with Crippen LogP contribution in [0.3, 0.4) is 0 Å². The SMILES string of the molecule is COc1c(Br)cc(Cl)cc1C(O)c1ccc(F)cc1F. The molecule has 2 aromatic carbocycles. The molecule has 20 heavy (non-hydrogen) atoms. The van der Waals surface area contributed by atoms with E-state index in [0.717, 1.165) is 6.07 Å². The first-order valence-electron chi connectivity index (χ1n) is 5.60. The molecule has 2 aromatic rings. The van der Waals surface area contributed by atoms with Crippen LogP contribution in [0.25, 0.3) is 0 Å². The van der Waals surface area contributed by atoms with Crippen molar-refractivity contribution in [3.8, 4) is 5.75 Å². The van der Waals surface area contributed by atoms with E-state index in [9.17, 15) is 13.9 Å². The van der Waals surface area contributed by atoms with Gasteiger partial charge in [0, 0.05) is 22.2 Å². The van der Waals surface area contributed by atoms with Crippen molar-refractivity contribution >= 4 is 27.5 Å². The van der Waals surface area contributed by atoms with Crippen LogP contribution in [-0.4, -0.2) is 12.2 Å². The molecule has 2 rings (SSSR count). The number of benzene rings is 2. The van der Waals surface area contributed by atoms with Crippen LogP contribution < -0.4 is 4.74 Å². The van der Waals surface area contributed by atoms with E-state index in [1.165, 1.54) is 19.2 Å². The van der Waals surface area contributed by atoms with Crippen LogP contribution in [0.1, 0.15) is 17.2 Å². The largest absolute Gasteiger partial charge is 0.495 e. The normalized spacial score (nSPS) is 12.3. The quantitative estimate of drug-likeness (QED) is 0.872. The highest BCUT2D eigenvalue weighted by atomic mass is 79.9. The first kappa shape index (κ1) is 15.2. The molecule has 0 bridgehead atoms. The predicted molar refractivity (Wildman–Crippen MR) is 76.1 cm³/mol. The van der Waals surface area contributed by atoms with Gasteiger partial charge in [0.1, 0.15) is 23.5 Å². The van der Waals surface area contributed by atoms with Crippen molar-refractivity contribution in [3.63, 3.8) is 0 Å². The van der Waals surface area contributed by atoms with Crippen LogP contribution in [0, 0.1) is 11.6 Å². The number of halogens is 4. The first-order chi connectivity index (χ1) is 9.43. The van der Waals surface area contributed by atoms with Gasteiger partial charge in [-0.15, -0.1) is 0 Å². The fraction of sp³-hybridized carbons (Fsp3) is 0.143. The Labute approximate surface area is 128 Å². The van der Waals surface area contributed by atoms with Crippen LogP contribution in [0.4, 0.5) is 8.78 Å². The van der Waals surface area contributed by atoms with E-state index in [4.69, 9.17) is 16.3 Å². The van der Waals surface area contributed by atoms with Crippen molar-refractivity contribution in [2.45, 2.75) is 6.10 Å². The number of rotatable bonds is 3. The third-order valence-electron chi connectivity index (χ3n) is 2.79. The summed E-state index contributed by atoms with van der Waals surface area (Å²) in [5.41, 5.74) is 0.233. The summed E-state index contributed by atoms with van der Waals surface area (Å²) in [4.78, 5) is 0. The second-order valence-electron chi connectivity index (χ2n) is 4.08. The lowest BCUT2D eigenvalue weighted by Crippen LogP contribution is -2.05. The molecule has 1 atom stereocenters. The summed E-state index contributed by atoms with van der Waals surface area (Å²) >= 11 is 9.18. The van der Waals surface area contributed by atoms with Crippen molar-refractivity contribution in [2.75, 3.05) is 7.11 Å². The molecule has 0 aliphatic heterocycles. The molecule has 0 aliphatic rings. The summed E-state index contributed by atoms with van der Waals surface area (Å²) in [7, 11) is 1.42. The molecule has 0 saturated heterocycles. The number of methoxy groups -OCH3 is 1. The zero-order valence-corrected chi connectivity index (χ0v) is 12.7. The van der Waals surface area contributed by atoms with Gasteiger partial charge in [-0.2, -0.15) is 0 Å². The van der Waals surface area contributed by atoms with Gasteiger partial charge in [0.2, 0.25) is 0 Å². The van der Waals surface area contributed by atoms with Crippen LogP contribution in [0.15, 0.2) is 34.8 Å². The van der Waals surface area contributed by atoms with E-state index in [-0.39, 0.29) is 11.1 Å². The van der Waals surface area contributed by atoms with Crippen LogP contribution >= 0.6 is 27.5 Å². The van der Waals surface area contributed by atoms with Gasteiger partial charge in [-0.25, -0.2) is 8.78 Å². The molecule has 0 aromatic heterocycles. The third-order valence-corrected chi connectivity index (χ3v) is 3.60. The average molecular weight is 364 g/mol. The Morgan fingerprint density at radius 3 is 2.50 bits per heavy atom. The van der Waals surface area contributed by atoms with Crippen LogP contribution in [0.5, 0.6) is 5.75 Å². The Hall–Kier alpha value is -1.17. The van der Waals surface area contributed by atoms with Gasteiger partial charge in [-0.3, -0.25) is 0 Å². The Morgan fingerprint density at radius 1 is 1.20 bits per heavy atom. The van der Waals surface area contributed by atoms with Gasteiger partial charge < -0.3 is 9.84 Å². The Balaban J connectivity index is 2.55. The molecule has 0 heterocycles. The van der Waals surface area contributed by atoms with Gasteiger partial charge in [0.25, 0.3) is 0 Å². The topological polar surface area (TPSA) is 29.5 Å². The highest BCUT2D eigenvalue weighted by Crippen LogP contribution is 2.38. The number of ether oxygens (including phenoxy) is 1. The van der Waals surface area contributed by atoms with Crippen LogP contribution in [0.2, 0.25) is 5.02 Å². The minimum Gasteiger partial charge on any atom is -0.495 e. The van der Waals surface area contributed by atoms with Gasteiger partial charge in [0.15, 0.2) is 0 Å². The summed E-state index contributed by atoms with van der Waals surface area (Å²) < 4.78 is 32.4. The maximum atomic E-state index is 13.7. The molecule has 0 aliphatic carbocycles. The zero-order valence-electron chi connectivity index (χ0n) is 10.3. The third kappa shape index (κ3) is 2.95. The van der Waals surface area contributed by atoms with Gasteiger partial charge in [-0.1, -0.05) is 17.7 Å². The van der Waals surface area contributed by atoms with E-state index in [1.54, 1.807) is 6.07 Å². The monoisotopic (exact) mass is 362 g/mol. The zero-order chi connectivity index (χ0) is 14.9. The van der Waals surface area contributed by atoms with E-state index in [0.29, 0.717) is 21.3 Å². The van der Waals surface area contributed by atoms with Crippen molar-refractivity contribution < 1.29 is 18.6 Å². The molecule has 2 nitrogen and oxygen atoms in total. The maximum absolute atomic E-state index is 13.7. The minimum absolute atomic E-state index is 0.0566. The summed E-state index contributed by atoms with van der Waals surface area (Å²) in [5.74, 6) is -1.21. The molecule has 1 unspecified atom stereocenters. The fourth-order valence-corrected chi connectivity index (χ4v) is 2.89. The summed E-state index contributed by atoms with van der Waals surface area (Å²) in [5, 5.41) is 10.7. The molecular weight excluding hydrogens is 354 g/mol. The Kier molecular flexibility index (Phi) is 4.62. The number of hydrogen-bond acceptors (Lipinski definition) is 2. The lowest BCUT2D eigenvalue weighted by atomic mass is 10.00. The van der Waals surface area contributed by atoms with E-state index in [1.807, 2.05) is 0 Å². The van der Waals surface area contributed by atoms with Crippen molar-refractivity contribution in [3.05, 3.63) is 62.6 Å². The number of aliphatic hydroxyl groups excluding tert-OH is 1. The second kappa shape index (κ2) is 6.08. The van der Waals surface area contributed by atoms with Crippen molar-refractivity contribution in [1.29, 1.82) is 0 Å². The van der Waals surface area contributed by atoms with E-state index in [2.05, 4.69) is 15.9 Å². The van der Waals surface area contributed by atoms with E-state index < -0.39 is 17.7 Å². The molecule has 0 spiro atoms. The van der Waals surface area contributed by atoms with Gasteiger partial charge in [0.05, 0.1) is 11.6 Å². The maximum Gasteiger partial charge on any atom is 0.139 e. The van der Waals surface area contributed by atoms with Crippen LogP contribution in [-0.2, 0) is 0 Å². The highest BCUT2D eigenvalue weighted by Gasteiger charge is 2.21. The minimum atomic E-state index is -1.32. The van der Waals surface area contributed by atoms with Crippen molar-refractivity contribution in [2.24, 2.45) is 0 Å². The molecule has 6 heteroatoms. The van der Waals surface area contributed by atoms with Gasteiger partial charge >= 0.3 is 0 Å².